The van der Waals surface area contributed by atoms with Gasteiger partial charge in [-0.1, -0.05) is 32.6 Å². The standard InChI is InChI=1S/C20H34N4O2/c1-3-4-10-23-11-13-24(14-12-23)15-19-21-18(16-26-19)20(25)22(2)17-8-6-5-7-9-17/h16-17H,3-15H2,1-2H3. The first-order valence-electron chi connectivity index (χ1n) is 10.3. The van der Waals surface area contributed by atoms with Gasteiger partial charge in [0.2, 0.25) is 5.89 Å². The van der Waals surface area contributed by atoms with Crippen LogP contribution in [0, 0.1) is 0 Å². The monoisotopic (exact) mass is 362 g/mol. The number of carbonyl (C=O) groups is 1. The first kappa shape index (κ1) is 19.4. The molecule has 3 rings (SSSR count). The highest BCUT2D eigenvalue weighted by Gasteiger charge is 2.25. The van der Waals surface area contributed by atoms with Crippen molar-refractivity contribution in [2.45, 2.75) is 64.5 Å². The molecule has 1 amide bonds. The number of carbonyl (C=O) groups excluding carboxylic acids is 1. The summed E-state index contributed by atoms with van der Waals surface area (Å²) < 4.78 is 5.60. The maximum absolute atomic E-state index is 12.7. The van der Waals surface area contributed by atoms with Crippen LogP contribution in [0.1, 0.15) is 68.2 Å². The van der Waals surface area contributed by atoms with E-state index < -0.39 is 0 Å². The van der Waals surface area contributed by atoms with E-state index in [0.717, 1.165) is 39.0 Å². The molecule has 6 heteroatoms. The van der Waals surface area contributed by atoms with E-state index in [4.69, 9.17) is 4.42 Å². The largest absolute Gasteiger partial charge is 0.447 e. The lowest BCUT2D eigenvalue weighted by Gasteiger charge is -2.33. The van der Waals surface area contributed by atoms with Crippen LogP contribution in [-0.2, 0) is 6.54 Å². The van der Waals surface area contributed by atoms with Crippen molar-refractivity contribution in [1.29, 1.82) is 0 Å². The molecule has 1 saturated carbocycles. The normalized spacial score (nSPS) is 20.4. The van der Waals surface area contributed by atoms with Crippen LogP contribution in [0.25, 0.3) is 0 Å². The van der Waals surface area contributed by atoms with Gasteiger partial charge < -0.3 is 14.2 Å². The van der Waals surface area contributed by atoms with Gasteiger partial charge in [0.1, 0.15) is 6.26 Å². The third-order valence-corrected chi connectivity index (χ3v) is 5.87. The molecule has 2 heterocycles. The minimum Gasteiger partial charge on any atom is -0.447 e. The van der Waals surface area contributed by atoms with Crippen molar-refractivity contribution in [1.82, 2.24) is 19.7 Å². The highest BCUT2D eigenvalue weighted by Crippen LogP contribution is 2.23. The van der Waals surface area contributed by atoms with E-state index in [1.54, 1.807) is 0 Å². The number of oxazole rings is 1. The molecule has 2 fully saturated rings. The molecule has 1 aliphatic carbocycles. The molecule has 1 aromatic heterocycles. The first-order chi connectivity index (χ1) is 12.7. The number of rotatable bonds is 7. The zero-order chi connectivity index (χ0) is 18.4. The number of hydrogen-bond donors (Lipinski definition) is 0. The Balaban J connectivity index is 1.48. The quantitative estimate of drug-likeness (QED) is 0.746. The second-order valence-electron chi connectivity index (χ2n) is 7.81. The minimum atomic E-state index is -0.00344. The average Bonchev–Trinajstić information content (AvgIpc) is 3.15. The highest BCUT2D eigenvalue weighted by atomic mass is 16.3. The smallest absolute Gasteiger partial charge is 0.275 e. The van der Waals surface area contributed by atoms with Gasteiger partial charge in [-0.25, -0.2) is 4.98 Å². The predicted molar refractivity (Wildman–Crippen MR) is 102 cm³/mol. The zero-order valence-electron chi connectivity index (χ0n) is 16.5. The van der Waals surface area contributed by atoms with E-state index in [0.29, 0.717) is 24.2 Å². The third kappa shape index (κ3) is 5.07. The molecule has 6 nitrogen and oxygen atoms in total. The fraction of sp³-hybridized carbons (Fsp3) is 0.800. The van der Waals surface area contributed by atoms with Crippen molar-refractivity contribution in [2.75, 3.05) is 39.8 Å². The highest BCUT2D eigenvalue weighted by molar-refractivity contribution is 5.92. The summed E-state index contributed by atoms with van der Waals surface area (Å²) in [5, 5.41) is 0. The van der Waals surface area contributed by atoms with Crippen LogP contribution in [0.4, 0.5) is 0 Å². The van der Waals surface area contributed by atoms with Crippen LogP contribution in [0.2, 0.25) is 0 Å². The minimum absolute atomic E-state index is 0.00344. The van der Waals surface area contributed by atoms with Crippen molar-refractivity contribution in [2.24, 2.45) is 0 Å². The number of amides is 1. The Hall–Kier alpha value is -1.40. The van der Waals surface area contributed by atoms with Gasteiger partial charge in [-0.15, -0.1) is 0 Å². The number of piperazine rings is 1. The molecule has 1 aromatic rings. The van der Waals surface area contributed by atoms with E-state index in [-0.39, 0.29) is 5.91 Å². The van der Waals surface area contributed by atoms with Crippen molar-refractivity contribution < 1.29 is 9.21 Å². The molecule has 0 atom stereocenters. The summed E-state index contributed by atoms with van der Waals surface area (Å²) in [4.78, 5) is 23.9. The van der Waals surface area contributed by atoms with E-state index >= 15 is 0 Å². The second kappa shape index (κ2) is 9.51. The van der Waals surface area contributed by atoms with Gasteiger partial charge in [-0.05, 0) is 25.8 Å². The van der Waals surface area contributed by atoms with E-state index in [9.17, 15) is 4.79 Å². The Bertz CT molecular complexity index is 560. The van der Waals surface area contributed by atoms with Crippen molar-refractivity contribution in [3.63, 3.8) is 0 Å². The predicted octanol–water partition coefficient (Wildman–Crippen LogP) is 3.00. The summed E-state index contributed by atoms with van der Waals surface area (Å²) in [6.45, 7) is 8.43. The van der Waals surface area contributed by atoms with Crippen LogP contribution in [0.5, 0.6) is 0 Å². The third-order valence-electron chi connectivity index (χ3n) is 5.87. The van der Waals surface area contributed by atoms with Crippen molar-refractivity contribution in [3.05, 3.63) is 17.8 Å². The maximum atomic E-state index is 12.7. The number of hydrogen-bond acceptors (Lipinski definition) is 5. The molecule has 26 heavy (non-hydrogen) atoms. The summed E-state index contributed by atoms with van der Waals surface area (Å²) in [5.41, 5.74) is 0.453. The lowest BCUT2D eigenvalue weighted by atomic mass is 9.94. The fourth-order valence-electron chi connectivity index (χ4n) is 4.04. The van der Waals surface area contributed by atoms with E-state index in [1.807, 2.05) is 11.9 Å². The molecule has 2 aliphatic rings. The Labute approximate surface area is 157 Å². The number of nitrogens with zero attached hydrogens (tertiary/aromatic N) is 4. The second-order valence-corrected chi connectivity index (χ2v) is 7.81. The van der Waals surface area contributed by atoms with Gasteiger partial charge in [-0.2, -0.15) is 0 Å². The Kier molecular flexibility index (Phi) is 7.08. The van der Waals surface area contributed by atoms with Gasteiger partial charge in [0, 0.05) is 39.3 Å². The molecule has 0 bridgehead atoms. The van der Waals surface area contributed by atoms with Crippen molar-refractivity contribution >= 4 is 5.91 Å². The van der Waals surface area contributed by atoms with Gasteiger partial charge in [0.05, 0.1) is 6.54 Å². The molecule has 0 N–H and O–H groups in total. The fourth-order valence-corrected chi connectivity index (χ4v) is 4.04. The Morgan fingerprint density at radius 1 is 1.19 bits per heavy atom. The number of aromatic nitrogens is 1. The van der Waals surface area contributed by atoms with Gasteiger partial charge in [-0.3, -0.25) is 9.69 Å². The molecule has 0 unspecified atom stereocenters. The van der Waals surface area contributed by atoms with Crippen LogP contribution in [0.15, 0.2) is 10.7 Å². The molecule has 0 aromatic carbocycles. The molecule has 1 saturated heterocycles. The van der Waals surface area contributed by atoms with Crippen LogP contribution in [-0.4, -0.2) is 71.4 Å². The van der Waals surface area contributed by atoms with Crippen molar-refractivity contribution in [3.8, 4) is 0 Å². The molecule has 0 radical (unpaired) electrons. The van der Waals surface area contributed by atoms with Gasteiger partial charge >= 0.3 is 0 Å². The summed E-state index contributed by atoms with van der Waals surface area (Å²) >= 11 is 0. The lowest BCUT2D eigenvalue weighted by molar-refractivity contribution is 0.0690. The summed E-state index contributed by atoms with van der Waals surface area (Å²) in [7, 11) is 1.90. The van der Waals surface area contributed by atoms with Crippen LogP contribution in [0.3, 0.4) is 0 Å². The zero-order valence-corrected chi connectivity index (χ0v) is 16.5. The maximum Gasteiger partial charge on any atom is 0.275 e. The van der Waals surface area contributed by atoms with Gasteiger partial charge in [0.15, 0.2) is 5.69 Å². The topological polar surface area (TPSA) is 52.8 Å². The average molecular weight is 363 g/mol. The van der Waals surface area contributed by atoms with Crippen LogP contribution < -0.4 is 0 Å². The Morgan fingerprint density at radius 2 is 1.88 bits per heavy atom. The first-order valence-corrected chi connectivity index (χ1v) is 10.3. The number of unbranched alkanes of at least 4 members (excludes halogenated alkanes) is 1. The summed E-state index contributed by atoms with van der Waals surface area (Å²) in [6.07, 6.45) is 10.0. The molecular formula is C20H34N4O2. The summed E-state index contributed by atoms with van der Waals surface area (Å²) in [6, 6.07) is 0.354. The van der Waals surface area contributed by atoms with Gasteiger partial charge in [0.25, 0.3) is 5.91 Å². The Morgan fingerprint density at radius 3 is 2.58 bits per heavy atom. The molecule has 1 aliphatic heterocycles. The summed E-state index contributed by atoms with van der Waals surface area (Å²) in [5.74, 6) is 0.656. The molecular weight excluding hydrogens is 328 g/mol. The van der Waals surface area contributed by atoms with E-state index in [2.05, 4.69) is 21.7 Å². The SMILES string of the molecule is CCCCN1CCN(Cc2nc(C(=O)N(C)C3CCCCC3)co2)CC1. The van der Waals surface area contributed by atoms with Crippen LogP contribution >= 0.6 is 0 Å². The molecule has 146 valence electrons. The van der Waals surface area contributed by atoms with E-state index in [1.165, 1.54) is 44.9 Å². The molecule has 0 spiro atoms. The lowest BCUT2D eigenvalue weighted by Crippen LogP contribution is -2.46.